The van der Waals surface area contributed by atoms with E-state index in [0.29, 0.717) is 26.1 Å². The quantitative estimate of drug-likeness (QED) is 0.853. The van der Waals surface area contributed by atoms with Gasteiger partial charge in [-0.05, 0) is 18.4 Å². The second-order valence-corrected chi connectivity index (χ2v) is 7.67. The van der Waals surface area contributed by atoms with Gasteiger partial charge in [0.2, 0.25) is 11.8 Å². The highest BCUT2D eigenvalue weighted by atomic mass is 16.2. The van der Waals surface area contributed by atoms with Crippen molar-refractivity contribution in [2.24, 2.45) is 5.73 Å². The third-order valence-electron chi connectivity index (χ3n) is 5.66. The first-order valence-corrected chi connectivity index (χ1v) is 10.2. The van der Waals surface area contributed by atoms with Gasteiger partial charge < -0.3 is 15.5 Å². The van der Waals surface area contributed by atoms with E-state index in [1.165, 1.54) is 12.8 Å². The fraction of sp³-hybridized carbons (Fsp3) is 0.619. The number of nitrogens with two attached hydrogens (primary N) is 1. The molecule has 3 rings (SSSR count). The molecule has 2 fully saturated rings. The molecule has 6 heteroatoms. The largest absolute Gasteiger partial charge is 0.342 e. The number of hydrogen-bond donors (Lipinski definition) is 1. The maximum absolute atomic E-state index is 12.5. The number of nitrogens with zero attached hydrogens (tertiary/aromatic N) is 3. The van der Waals surface area contributed by atoms with Crippen LogP contribution < -0.4 is 5.73 Å². The maximum Gasteiger partial charge on any atom is 0.236 e. The SMILES string of the molecule is NC(CC(=O)N1CCN(CC(=O)N2CCCCCC2)CC1)c1ccccc1. The van der Waals surface area contributed by atoms with Crippen LogP contribution in [0.4, 0.5) is 0 Å². The molecule has 0 saturated carbocycles. The fourth-order valence-corrected chi connectivity index (χ4v) is 3.90. The summed E-state index contributed by atoms with van der Waals surface area (Å²) in [5.41, 5.74) is 7.18. The molecule has 1 aromatic carbocycles. The molecule has 0 spiro atoms. The minimum Gasteiger partial charge on any atom is -0.342 e. The van der Waals surface area contributed by atoms with Crippen molar-refractivity contribution in [1.82, 2.24) is 14.7 Å². The molecule has 0 aromatic heterocycles. The van der Waals surface area contributed by atoms with Crippen molar-refractivity contribution in [3.8, 4) is 0 Å². The molecule has 2 aliphatic rings. The molecular weight excluding hydrogens is 340 g/mol. The Balaban J connectivity index is 1.41. The van der Waals surface area contributed by atoms with Gasteiger partial charge in [-0.2, -0.15) is 0 Å². The number of hydrogen-bond acceptors (Lipinski definition) is 4. The predicted molar refractivity (Wildman–Crippen MR) is 106 cm³/mol. The molecule has 2 N–H and O–H groups in total. The average Bonchev–Trinajstić information content (AvgIpc) is 2.99. The normalized spacial score (nSPS) is 20.2. The van der Waals surface area contributed by atoms with E-state index in [4.69, 9.17) is 5.73 Å². The lowest BCUT2D eigenvalue weighted by Gasteiger charge is -2.35. The molecule has 2 amide bonds. The molecule has 1 unspecified atom stereocenters. The van der Waals surface area contributed by atoms with Crippen LogP contribution in [0.5, 0.6) is 0 Å². The Labute approximate surface area is 162 Å². The van der Waals surface area contributed by atoms with Gasteiger partial charge in [0.05, 0.1) is 6.54 Å². The number of piperazine rings is 1. The van der Waals surface area contributed by atoms with E-state index < -0.39 is 0 Å². The predicted octanol–water partition coefficient (Wildman–Crippen LogP) is 1.62. The molecular formula is C21H32N4O2. The van der Waals surface area contributed by atoms with Crippen LogP contribution in [-0.4, -0.2) is 72.3 Å². The Morgan fingerprint density at radius 3 is 2.04 bits per heavy atom. The van der Waals surface area contributed by atoms with E-state index >= 15 is 0 Å². The number of rotatable bonds is 5. The molecule has 2 aliphatic heterocycles. The Morgan fingerprint density at radius 1 is 0.815 bits per heavy atom. The third kappa shape index (κ3) is 5.78. The van der Waals surface area contributed by atoms with Crippen LogP contribution in [0.2, 0.25) is 0 Å². The first kappa shape index (κ1) is 19.8. The first-order valence-electron chi connectivity index (χ1n) is 10.2. The lowest BCUT2D eigenvalue weighted by atomic mass is 10.0. The second-order valence-electron chi connectivity index (χ2n) is 7.67. The van der Waals surface area contributed by atoms with Crippen LogP contribution in [0.1, 0.15) is 43.7 Å². The minimum atomic E-state index is -0.263. The monoisotopic (exact) mass is 372 g/mol. The van der Waals surface area contributed by atoms with Crippen molar-refractivity contribution in [3.05, 3.63) is 35.9 Å². The van der Waals surface area contributed by atoms with Gasteiger partial charge in [-0.3, -0.25) is 14.5 Å². The zero-order valence-electron chi connectivity index (χ0n) is 16.2. The van der Waals surface area contributed by atoms with Crippen molar-refractivity contribution < 1.29 is 9.59 Å². The standard InChI is InChI=1S/C21H32N4O2/c22-19(18-8-4-3-5-9-18)16-20(26)25-14-12-23(13-15-25)17-21(27)24-10-6-1-2-7-11-24/h3-5,8-9,19H,1-2,6-7,10-17,22H2. The zero-order chi connectivity index (χ0) is 19.1. The van der Waals surface area contributed by atoms with Crippen molar-refractivity contribution in [2.75, 3.05) is 45.8 Å². The fourth-order valence-electron chi connectivity index (χ4n) is 3.90. The van der Waals surface area contributed by atoms with E-state index in [1.54, 1.807) is 0 Å². The van der Waals surface area contributed by atoms with Crippen LogP contribution >= 0.6 is 0 Å². The van der Waals surface area contributed by atoms with Gasteiger partial charge >= 0.3 is 0 Å². The summed E-state index contributed by atoms with van der Waals surface area (Å²) in [7, 11) is 0. The molecule has 148 valence electrons. The van der Waals surface area contributed by atoms with Gasteiger partial charge in [0, 0.05) is 51.7 Å². The van der Waals surface area contributed by atoms with Crippen molar-refractivity contribution in [1.29, 1.82) is 0 Å². The topological polar surface area (TPSA) is 69.9 Å². The van der Waals surface area contributed by atoms with Gasteiger partial charge in [0.25, 0.3) is 0 Å². The second kappa shape index (κ2) is 9.85. The number of carbonyl (C=O) groups is 2. The summed E-state index contributed by atoms with van der Waals surface area (Å²) < 4.78 is 0. The number of benzene rings is 1. The lowest BCUT2D eigenvalue weighted by Crippen LogP contribution is -2.52. The van der Waals surface area contributed by atoms with Gasteiger partial charge in [-0.15, -0.1) is 0 Å². The highest BCUT2D eigenvalue weighted by molar-refractivity contribution is 5.79. The molecule has 0 aliphatic carbocycles. The van der Waals surface area contributed by atoms with E-state index in [1.807, 2.05) is 40.1 Å². The Bertz CT molecular complexity index is 606. The molecule has 1 atom stereocenters. The van der Waals surface area contributed by atoms with Crippen molar-refractivity contribution >= 4 is 11.8 Å². The smallest absolute Gasteiger partial charge is 0.236 e. The Morgan fingerprint density at radius 2 is 1.41 bits per heavy atom. The molecule has 27 heavy (non-hydrogen) atoms. The van der Waals surface area contributed by atoms with Gasteiger partial charge in [-0.25, -0.2) is 0 Å². The van der Waals surface area contributed by atoms with Crippen LogP contribution in [0.25, 0.3) is 0 Å². The molecule has 6 nitrogen and oxygen atoms in total. The molecule has 0 bridgehead atoms. The van der Waals surface area contributed by atoms with Crippen molar-refractivity contribution in [2.45, 2.75) is 38.1 Å². The molecule has 0 radical (unpaired) electrons. The van der Waals surface area contributed by atoms with Crippen LogP contribution in [-0.2, 0) is 9.59 Å². The van der Waals surface area contributed by atoms with E-state index in [-0.39, 0.29) is 17.9 Å². The zero-order valence-corrected chi connectivity index (χ0v) is 16.2. The summed E-state index contributed by atoms with van der Waals surface area (Å²) in [6.07, 6.45) is 5.04. The maximum atomic E-state index is 12.5. The third-order valence-corrected chi connectivity index (χ3v) is 5.66. The first-order chi connectivity index (χ1) is 13.1. The minimum absolute atomic E-state index is 0.102. The van der Waals surface area contributed by atoms with E-state index in [2.05, 4.69) is 4.90 Å². The van der Waals surface area contributed by atoms with Crippen molar-refractivity contribution in [3.63, 3.8) is 0 Å². The van der Waals surface area contributed by atoms with E-state index in [0.717, 1.165) is 44.6 Å². The highest BCUT2D eigenvalue weighted by Crippen LogP contribution is 2.16. The van der Waals surface area contributed by atoms with E-state index in [9.17, 15) is 9.59 Å². The van der Waals surface area contributed by atoms with Gasteiger partial charge in [0.1, 0.15) is 0 Å². The summed E-state index contributed by atoms with van der Waals surface area (Å²) in [5.74, 6) is 0.340. The van der Waals surface area contributed by atoms with Crippen LogP contribution in [0.3, 0.4) is 0 Å². The summed E-state index contributed by atoms with van der Waals surface area (Å²) >= 11 is 0. The molecule has 1 aromatic rings. The highest BCUT2D eigenvalue weighted by Gasteiger charge is 2.25. The number of amides is 2. The Hall–Kier alpha value is -1.92. The van der Waals surface area contributed by atoms with Crippen LogP contribution in [0.15, 0.2) is 30.3 Å². The summed E-state index contributed by atoms with van der Waals surface area (Å²) in [4.78, 5) is 31.1. The summed E-state index contributed by atoms with van der Waals surface area (Å²) in [5, 5.41) is 0. The summed E-state index contributed by atoms with van der Waals surface area (Å²) in [6.45, 7) is 5.13. The van der Waals surface area contributed by atoms with Gasteiger partial charge in [0.15, 0.2) is 0 Å². The Kier molecular flexibility index (Phi) is 7.24. The number of carbonyl (C=O) groups excluding carboxylic acids is 2. The summed E-state index contributed by atoms with van der Waals surface area (Å²) in [6, 6.07) is 9.50. The molecule has 2 saturated heterocycles. The average molecular weight is 373 g/mol. The van der Waals surface area contributed by atoms with Crippen LogP contribution in [0, 0.1) is 0 Å². The lowest BCUT2D eigenvalue weighted by molar-refractivity contribution is -0.135. The number of likely N-dealkylation sites (tertiary alicyclic amines) is 1. The van der Waals surface area contributed by atoms with Gasteiger partial charge in [-0.1, -0.05) is 43.2 Å². The molecule has 2 heterocycles.